The monoisotopic (exact) mass is 274 g/mol. The molecule has 0 radical (unpaired) electrons. The predicted octanol–water partition coefficient (Wildman–Crippen LogP) is 1.66. The number of rotatable bonds is 4. The average Bonchev–Trinajstić information content (AvgIpc) is 2.12. The third-order valence-electron chi connectivity index (χ3n) is 1.78. The summed E-state index contributed by atoms with van der Waals surface area (Å²) in [5.41, 5.74) is 5.43. The number of nitrogens with one attached hydrogen (secondary N) is 1. The molecule has 0 unspecified atom stereocenters. The minimum atomic E-state index is -0.210. The van der Waals surface area contributed by atoms with Crippen molar-refractivity contribution >= 4 is 27.6 Å². The van der Waals surface area contributed by atoms with Crippen molar-refractivity contribution in [2.24, 2.45) is 0 Å². The predicted molar refractivity (Wildman–Crippen MR) is 63.7 cm³/mol. The summed E-state index contributed by atoms with van der Waals surface area (Å²) in [5.74, 6) is 1.09. The number of methoxy groups -OCH3 is 1. The maximum Gasteiger partial charge on any atom is 0.146 e. The van der Waals surface area contributed by atoms with E-state index >= 15 is 0 Å². The van der Waals surface area contributed by atoms with Crippen LogP contribution in [0.2, 0.25) is 0 Å². The lowest BCUT2D eigenvalue weighted by atomic mass is 10.1. The van der Waals surface area contributed by atoms with E-state index in [1.54, 1.807) is 7.11 Å². The molecule has 15 heavy (non-hydrogen) atoms. The number of anilines is 2. The highest BCUT2D eigenvalue weighted by Gasteiger charge is 2.19. The van der Waals surface area contributed by atoms with Gasteiger partial charge in [-0.15, -0.1) is 0 Å². The van der Waals surface area contributed by atoms with Gasteiger partial charge in [-0.25, -0.2) is 9.97 Å². The molecule has 0 fully saturated rings. The van der Waals surface area contributed by atoms with Gasteiger partial charge in [-0.05, 0) is 29.8 Å². The Kier molecular flexibility index (Phi) is 3.87. The molecule has 1 heterocycles. The van der Waals surface area contributed by atoms with E-state index in [9.17, 15) is 0 Å². The summed E-state index contributed by atoms with van der Waals surface area (Å²) >= 11 is 3.33. The zero-order valence-electron chi connectivity index (χ0n) is 9.04. The fraction of sp³-hybridized carbons (Fsp3) is 0.556. The summed E-state index contributed by atoms with van der Waals surface area (Å²) < 4.78 is 5.77. The van der Waals surface area contributed by atoms with Gasteiger partial charge in [0.15, 0.2) is 0 Å². The minimum Gasteiger partial charge on any atom is -0.383 e. The molecule has 1 aromatic heterocycles. The van der Waals surface area contributed by atoms with Crippen LogP contribution >= 0.6 is 15.9 Å². The third-order valence-corrected chi connectivity index (χ3v) is 2.56. The van der Waals surface area contributed by atoms with E-state index in [0.29, 0.717) is 22.7 Å². The van der Waals surface area contributed by atoms with Gasteiger partial charge in [0.1, 0.15) is 22.4 Å². The molecule has 6 heteroatoms. The van der Waals surface area contributed by atoms with Crippen LogP contribution in [0.4, 0.5) is 11.6 Å². The second-order valence-electron chi connectivity index (χ2n) is 3.86. The first-order chi connectivity index (χ1) is 6.96. The van der Waals surface area contributed by atoms with Gasteiger partial charge in [0, 0.05) is 7.11 Å². The highest BCUT2D eigenvalue weighted by molar-refractivity contribution is 9.10. The molecule has 1 rings (SSSR count). The van der Waals surface area contributed by atoms with E-state index in [1.807, 2.05) is 13.8 Å². The number of nitrogens with zero attached hydrogens (tertiary/aromatic N) is 2. The molecule has 0 aliphatic heterocycles. The summed E-state index contributed by atoms with van der Waals surface area (Å²) in [6.45, 7) is 4.60. The van der Waals surface area contributed by atoms with Crippen LogP contribution < -0.4 is 11.1 Å². The Hall–Kier alpha value is -0.880. The Bertz CT molecular complexity index is 343. The minimum absolute atomic E-state index is 0.210. The second-order valence-corrected chi connectivity index (χ2v) is 4.66. The smallest absolute Gasteiger partial charge is 0.146 e. The van der Waals surface area contributed by atoms with Crippen LogP contribution in [0.5, 0.6) is 0 Å². The summed E-state index contributed by atoms with van der Waals surface area (Å²) in [5, 5.41) is 3.23. The number of aromatic nitrogens is 2. The van der Waals surface area contributed by atoms with Gasteiger partial charge >= 0.3 is 0 Å². The molecule has 0 spiro atoms. The van der Waals surface area contributed by atoms with Gasteiger partial charge in [0.2, 0.25) is 0 Å². The molecule has 0 saturated heterocycles. The van der Waals surface area contributed by atoms with Crippen LogP contribution in [0.3, 0.4) is 0 Å². The molecule has 0 saturated carbocycles. The molecule has 3 N–H and O–H groups in total. The van der Waals surface area contributed by atoms with Crippen LogP contribution in [0.15, 0.2) is 10.8 Å². The Morgan fingerprint density at radius 1 is 1.53 bits per heavy atom. The summed E-state index contributed by atoms with van der Waals surface area (Å²) in [7, 11) is 1.66. The van der Waals surface area contributed by atoms with Crippen molar-refractivity contribution in [1.29, 1.82) is 0 Å². The first-order valence-corrected chi connectivity index (χ1v) is 5.28. The Balaban J connectivity index is 2.85. The number of ether oxygens (including phenoxy) is 1. The Morgan fingerprint density at radius 2 is 2.20 bits per heavy atom. The van der Waals surface area contributed by atoms with Crippen molar-refractivity contribution in [3.05, 3.63) is 10.8 Å². The molecule has 0 aliphatic carbocycles. The topological polar surface area (TPSA) is 73.1 Å². The van der Waals surface area contributed by atoms with E-state index in [4.69, 9.17) is 10.5 Å². The fourth-order valence-electron chi connectivity index (χ4n) is 1.19. The Labute approximate surface area is 97.6 Å². The molecule has 1 aromatic rings. The average molecular weight is 275 g/mol. The zero-order valence-corrected chi connectivity index (χ0v) is 10.6. The number of nitrogen functional groups attached to an aromatic ring is 1. The van der Waals surface area contributed by atoms with Gasteiger partial charge in [-0.2, -0.15) is 0 Å². The molecule has 84 valence electrons. The Morgan fingerprint density at radius 3 is 2.80 bits per heavy atom. The molecule has 0 aromatic carbocycles. The molecule has 0 bridgehead atoms. The van der Waals surface area contributed by atoms with Gasteiger partial charge in [-0.1, -0.05) is 0 Å². The molecular weight excluding hydrogens is 260 g/mol. The van der Waals surface area contributed by atoms with Gasteiger partial charge in [-0.3, -0.25) is 0 Å². The highest BCUT2D eigenvalue weighted by Crippen LogP contribution is 2.26. The molecule has 5 nitrogen and oxygen atoms in total. The lowest BCUT2D eigenvalue weighted by Gasteiger charge is -2.26. The van der Waals surface area contributed by atoms with Crippen molar-refractivity contribution < 1.29 is 4.74 Å². The van der Waals surface area contributed by atoms with Crippen LogP contribution in [0.1, 0.15) is 13.8 Å². The van der Waals surface area contributed by atoms with Crippen LogP contribution in [-0.4, -0.2) is 29.2 Å². The van der Waals surface area contributed by atoms with Gasteiger partial charge in [0.05, 0.1) is 12.1 Å². The molecule has 0 atom stereocenters. The highest BCUT2D eigenvalue weighted by atomic mass is 79.9. The largest absolute Gasteiger partial charge is 0.383 e. The van der Waals surface area contributed by atoms with Gasteiger partial charge < -0.3 is 15.8 Å². The lowest BCUT2D eigenvalue weighted by Crippen LogP contribution is -2.36. The SMILES string of the molecule is COCC(C)(C)Nc1ncnc(N)c1Br. The van der Waals surface area contributed by atoms with Crippen molar-refractivity contribution in [2.75, 3.05) is 24.8 Å². The van der Waals surface area contributed by atoms with Crippen LogP contribution in [-0.2, 0) is 4.74 Å². The first kappa shape index (κ1) is 12.2. The van der Waals surface area contributed by atoms with Crippen molar-refractivity contribution in [3.8, 4) is 0 Å². The maximum atomic E-state index is 5.64. The van der Waals surface area contributed by atoms with E-state index in [1.165, 1.54) is 6.33 Å². The molecular formula is C9H15BrN4O. The standard InChI is InChI=1S/C9H15BrN4O/c1-9(2,4-15-3)14-8-6(10)7(11)12-5-13-8/h5H,4H2,1-3H3,(H3,11,12,13,14). The first-order valence-electron chi connectivity index (χ1n) is 4.49. The third kappa shape index (κ3) is 3.32. The molecule has 0 amide bonds. The van der Waals surface area contributed by atoms with Crippen molar-refractivity contribution in [1.82, 2.24) is 9.97 Å². The number of hydrogen-bond acceptors (Lipinski definition) is 5. The van der Waals surface area contributed by atoms with E-state index in [2.05, 4.69) is 31.2 Å². The zero-order chi connectivity index (χ0) is 11.5. The van der Waals surface area contributed by atoms with E-state index in [0.717, 1.165) is 0 Å². The quantitative estimate of drug-likeness (QED) is 0.874. The van der Waals surface area contributed by atoms with E-state index in [-0.39, 0.29) is 5.54 Å². The van der Waals surface area contributed by atoms with Gasteiger partial charge in [0.25, 0.3) is 0 Å². The van der Waals surface area contributed by atoms with E-state index < -0.39 is 0 Å². The number of halogens is 1. The second kappa shape index (κ2) is 4.76. The maximum absolute atomic E-state index is 5.64. The van der Waals surface area contributed by atoms with Crippen molar-refractivity contribution in [3.63, 3.8) is 0 Å². The molecule has 0 aliphatic rings. The normalized spacial score (nSPS) is 11.5. The number of hydrogen-bond donors (Lipinski definition) is 2. The van der Waals surface area contributed by atoms with Crippen LogP contribution in [0.25, 0.3) is 0 Å². The van der Waals surface area contributed by atoms with Crippen molar-refractivity contribution in [2.45, 2.75) is 19.4 Å². The number of nitrogens with two attached hydrogens (primary N) is 1. The van der Waals surface area contributed by atoms with Crippen LogP contribution in [0, 0.1) is 0 Å². The summed E-state index contributed by atoms with van der Waals surface area (Å²) in [4.78, 5) is 7.97. The lowest BCUT2D eigenvalue weighted by molar-refractivity contribution is 0.158. The summed E-state index contributed by atoms with van der Waals surface area (Å²) in [6.07, 6.45) is 1.42. The fourth-order valence-corrected chi connectivity index (χ4v) is 1.49. The summed E-state index contributed by atoms with van der Waals surface area (Å²) in [6, 6.07) is 0.